The fourth-order valence-corrected chi connectivity index (χ4v) is 3.39. The Kier molecular flexibility index (Phi) is 5.73. The molecule has 1 heterocycles. The summed E-state index contributed by atoms with van der Waals surface area (Å²) in [6, 6.07) is 17.1. The molecule has 0 aliphatic heterocycles. The molecular formula is C23H26N4O. The molecule has 0 aliphatic carbocycles. The van der Waals surface area contributed by atoms with Crippen LogP contribution in [-0.2, 0) is 5.41 Å². The van der Waals surface area contributed by atoms with Crippen molar-refractivity contribution >= 4 is 28.5 Å². The SMILES string of the molecule is CCCC(C)(C)c1ccc2nccc(C(=O)NC(N)=Nc3ccccc3)c2c1. The van der Waals surface area contributed by atoms with Gasteiger partial charge in [0.05, 0.1) is 16.8 Å². The van der Waals surface area contributed by atoms with Crippen molar-refractivity contribution in [2.45, 2.75) is 39.0 Å². The van der Waals surface area contributed by atoms with E-state index in [-0.39, 0.29) is 17.3 Å². The number of aliphatic imine (C=N–C) groups is 1. The minimum atomic E-state index is -0.296. The summed E-state index contributed by atoms with van der Waals surface area (Å²) in [7, 11) is 0. The number of aromatic nitrogens is 1. The van der Waals surface area contributed by atoms with Gasteiger partial charge < -0.3 is 5.73 Å². The summed E-state index contributed by atoms with van der Waals surface area (Å²) in [4.78, 5) is 21.5. The first-order valence-electron chi connectivity index (χ1n) is 9.50. The number of para-hydroxylation sites is 1. The third kappa shape index (κ3) is 4.36. The number of guanidine groups is 1. The predicted octanol–water partition coefficient (Wildman–Crippen LogP) is 4.69. The van der Waals surface area contributed by atoms with Crippen LogP contribution in [0, 0.1) is 0 Å². The number of pyridine rings is 1. The summed E-state index contributed by atoms with van der Waals surface area (Å²) in [5.41, 5.74) is 9.14. The Hall–Kier alpha value is -3.21. The summed E-state index contributed by atoms with van der Waals surface area (Å²) in [5, 5.41) is 3.50. The maximum atomic E-state index is 12.8. The number of nitrogens with two attached hydrogens (primary N) is 1. The van der Waals surface area contributed by atoms with Gasteiger partial charge in [0.2, 0.25) is 5.96 Å². The lowest BCUT2D eigenvalue weighted by atomic mass is 9.80. The number of hydrogen-bond donors (Lipinski definition) is 2. The topological polar surface area (TPSA) is 80.4 Å². The lowest BCUT2D eigenvalue weighted by Gasteiger charge is -2.25. The average molecular weight is 374 g/mol. The molecule has 0 radical (unpaired) electrons. The van der Waals surface area contributed by atoms with Gasteiger partial charge in [0.25, 0.3) is 5.91 Å². The molecule has 0 saturated carbocycles. The van der Waals surface area contributed by atoms with E-state index in [4.69, 9.17) is 5.73 Å². The summed E-state index contributed by atoms with van der Waals surface area (Å²) in [5.74, 6) is -0.237. The smallest absolute Gasteiger partial charge is 0.258 e. The molecular weight excluding hydrogens is 348 g/mol. The van der Waals surface area contributed by atoms with Crippen molar-refractivity contribution < 1.29 is 4.79 Å². The van der Waals surface area contributed by atoms with Gasteiger partial charge in [-0.05, 0) is 47.7 Å². The zero-order chi connectivity index (χ0) is 20.1. The van der Waals surface area contributed by atoms with Crippen LogP contribution in [0.1, 0.15) is 49.5 Å². The van der Waals surface area contributed by atoms with E-state index < -0.39 is 0 Å². The molecule has 0 atom stereocenters. The second-order valence-corrected chi connectivity index (χ2v) is 7.51. The van der Waals surface area contributed by atoms with Crippen LogP contribution in [0.4, 0.5) is 5.69 Å². The molecule has 3 N–H and O–H groups in total. The Labute approximate surface area is 165 Å². The van der Waals surface area contributed by atoms with Gasteiger partial charge in [-0.3, -0.25) is 15.1 Å². The standard InChI is InChI=1S/C23H26N4O/c1-4-13-23(2,3)16-10-11-20-19(15-16)18(12-14-25-20)21(28)27-22(24)26-17-8-6-5-7-9-17/h5-12,14-15H,4,13H2,1-3H3,(H3,24,26,27,28). The molecule has 2 aromatic carbocycles. The molecule has 5 heteroatoms. The average Bonchev–Trinajstić information content (AvgIpc) is 2.67. The van der Waals surface area contributed by atoms with Gasteiger partial charge in [0.15, 0.2) is 0 Å². The Balaban J connectivity index is 1.93. The van der Waals surface area contributed by atoms with Crippen LogP contribution in [0.3, 0.4) is 0 Å². The van der Waals surface area contributed by atoms with Gasteiger partial charge in [-0.25, -0.2) is 4.99 Å². The number of fused-ring (bicyclic) bond motifs is 1. The Morgan fingerprint density at radius 3 is 2.61 bits per heavy atom. The fraction of sp³-hybridized carbons (Fsp3) is 0.261. The number of carbonyl (C=O) groups is 1. The summed E-state index contributed by atoms with van der Waals surface area (Å²) in [6.45, 7) is 6.62. The highest BCUT2D eigenvalue weighted by atomic mass is 16.1. The van der Waals surface area contributed by atoms with Crippen LogP contribution in [0.15, 0.2) is 65.8 Å². The number of hydrogen-bond acceptors (Lipinski definition) is 3. The van der Waals surface area contributed by atoms with E-state index in [1.807, 2.05) is 36.4 Å². The second-order valence-electron chi connectivity index (χ2n) is 7.51. The van der Waals surface area contributed by atoms with Gasteiger partial charge in [0.1, 0.15) is 0 Å². The highest BCUT2D eigenvalue weighted by Gasteiger charge is 2.21. The first-order chi connectivity index (χ1) is 13.4. The zero-order valence-corrected chi connectivity index (χ0v) is 16.6. The van der Waals surface area contributed by atoms with E-state index in [2.05, 4.69) is 48.2 Å². The molecule has 3 rings (SSSR count). The van der Waals surface area contributed by atoms with Crippen molar-refractivity contribution in [3.63, 3.8) is 0 Å². The van der Waals surface area contributed by atoms with Crippen LogP contribution in [0.5, 0.6) is 0 Å². The van der Waals surface area contributed by atoms with Crippen LogP contribution >= 0.6 is 0 Å². The third-order valence-electron chi connectivity index (χ3n) is 4.89. The van der Waals surface area contributed by atoms with E-state index in [1.165, 1.54) is 5.56 Å². The largest absolute Gasteiger partial charge is 0.369 e. The highest BCUT2D eigenvalue weighted by Crippen LogP contribution is 2.31. The minimum Gasteiger partial charge on any atom is -0.369 e. The maximum Gasteiger partial charge on any atom is 0.258 e. The minimum absolute atomic E-state index is 0.0281. The van der Waals surface area contributed by atoms with Crippen molar-refractivity contribution in [3.05, 3.63) is 71.9 Å². The monoisotopic (exact) mass is 374 g/mol. The van der Waals surface area contributed by atoms with Crippen LogP contribution in [-0.4, -0.2) is 16.9 Å². The van der Waals surface area contributed by atoms with E-state index in [1.54, 1.807) is 12.3 Å². The van der Waals surface area contributed by atoms with Gasteiger partial charge in [-0.15, -0.1) is 0 Å². The van der Waals surface area contributed by atoms with E-state index in [9.17, 15) is 4.79 Å². The molecule has 144 valence electrons. The lowest BCUT2D eigenvalue weighted by molar-refractivity contribution is 0.0978. The maximum absolute atomic E-state index is 12.8. The first kappa shape index (κ1) is 19.5. The number of carbonyl (C=O) groups excluding carboxylic acids is 1. The van der Waals surface area contributed by atoms with Crippen molar-refractivity contribution in [1.29, 1.82) is 0 Å². The van der Waals surface area contributed by atoms with Crippen molar-refractivity contribution in [2.75, 3.05) is 0 Å². The third-order valence-corrected chi connectivity index (χ3v) is 4.89. The van der Waals surface area contributed by atoms with Crippen LogP contribution in [0.2, 0.25) is 0 Å². The fourth-order valence-electron chi connectivity index (χ4n) is 3.39. The molecule has 0 fully saturated rings. The van der Waals surface area contributed by atoms with Gasteiger partial charge in [-0.2, -0.15) is 0 Å². The number of benzene rings is 2. The van der Waals surface area contributed by atoms with Gasteiger partial charge in [-0.1, -0.05) is 51.5 Å². The summed E-state index contributed by atoms with van der Waals surface area (Å²) >= 11 is 0. The Morgan fingerprint density at radius 1 is 1.14 bits per heavy atom. The number of nitrogens with zero attached hydrogens (tertiary/aromatic N) is 2. The Morgan fingerprint density at radius 2 is 1.89 bits per heavy atom. The van der Waals surface area contributed by atoms with E-state index in [0.29, 0.717) is 11.3 Å². The molecule has 28 heavy (non-hydrogen) atoms. The van der Waals surface area contributed by atoms with E-state index >= 15 is 0 Å². The van der Waals surface area contributed by atoms with Crippen molar-refractivity contribution in [2.24, 2.45) is 10.7 Å². The Bertz CT molecular complexity index is 1010. The van der Waals surface area contributed by atoms with Gasteiger partial charge >= 0.3 is 0 Å². The quantitative estimate of drug-likeness (QED) is 0.502. The van der Waals surface area contributed by atoms with E-state index in [0.717, 1.165) is 23.7 Å². The molecule has 0 aliphatic rings. The van der Waals surface area contributed by atoms with Gasteiger partial charge in [0, 0.05) is 11.6 Å². The zero-order valence-electron chi connectivity index (χ0n) is 16.6. The number of rotatable bonds is 5. The predicted molar refractivity (Wildman–Crippen MR) is 115 cm³/mol. The normalized spacial score (nSPS) is 12.2. The molecule has 3 aromatic rings. The molecule has 0 unspecified atom stereocenters. The van der Waals surface area contributed by atoms with Crippen LogP contribution in [0.25, 0.3) is 10.9 Å². The second kappa shape index (κ2) is 8.21. The molecule has 0 saturated heterocycles. The number of amides is 1. The molecule has 0 bridgehead atoms. The summed E-state index contributed by atoms with van der Waals surface area (Å²) in [6.07, 6.45) is 3.80. The van der Waals surface area contributed by atoms with Crippen molar-refractivity contribution in [3.8, 4) is 0 Å². The molecule has 1 aromatic heterocycles. The molecule has 1 amide bonds. The van der Waals surface area contributed by atoms with Crippen LogP contribution < -0.4 is 11.1 Å². The lowest BCUT2D eigenvalue weighted by Crippen LogP contribution is -2.36. The summed E-state index contributed by atoms with van der Waals surface area (Å²) < 4.78 is 0. The van der Waals surface area contributed by atoms with Crippen molar-refractivity contribution in [1.82, 2.24) is 10.3 Å². The number of nitrogens with one attached hydrogen (secondary N) is 1. The highest BCUT2D eigenvalue weighted by molar-refractivity contribution is 6.12. The molecule has 5 nitrogen and oxygen atoms in total. The molecule has 0 spiro atoms. The first-order valence-corrected chi connectivity index (χ1v) is 9.50.